The molecule has 0 saturated carbocycles. The summed E-state index contributed by atoms with van der Waals surface area (Å²) >= 11 is 0. The zero-order chi connectivity index (χ0) is 15.4. The number of nitrogens with one attached hydrogen (secondary N) is 1. The molecule has 1 N–H and O–H groups in total. The Morgan fingerprint density at radius 1 is 1.00 bits per heavy atom. The molecule has 1 atom stereocenters. The molecule has 2 heteroatoms. The first-order valence-corrected chi connectivity index (χ1v) is 7.45. The lowest BCUT2D eigenvalue weighted by Gasteiger charge is -2.17. The summed E-state index contributed by atoms with van der Waals surface area (Å²) in [6, 6.07) is 13.1. The molecule has 112 valence electrons. The molecule has 0 aliphatic carbocycles. The van der Waals surface area contributed by atoms with Crippen LogP contribution in [-0.4, -0.2) is 7.11 Å². The zero-order valence-corrected chi connectivity index (χ0v) is 13.7. The largest absolute Gasteiger partial charge is 0.497 e. The Morgan fingerprint density at radius 2 is 1.57 bits per heavy atom. The van der Waals surface area contributed by atoms with Crippen molar-refractivity contribution < 1.29 is 4.74 Å². The number of ether oxygens (including phenoxy) is 1. The second kappa shape index (κ2) is 6.77. The Bertz CT molecular complexity index is 578. The second-order valence-corrected chi connectivity index (χ2v) is 5.75. The molecular weight excluding hydrogens is 258 g/mol. The van der Waals surface area contributed by atoms with Gasteiger partial charge in [0, 0.05) is 12.6 Å². The van der Waals surface area contributed by atoms with Crippen LogP contribution in [0.5, 0.6) is 5.75 Å². The summed E-state index contributed by atoms with van der Waals surface area (Å²) in [7, 11) is 1.69. The summed E-state index contributed by atoms with van der Waals surface area (Å²) in [6.07, 6.45) is 0. The van der Waals surface area contributed by atoms with Crippen LogP contribution in [-0.2, 0) is 6.54 Å². The Balaban J connectivity index is 2.05. The monoisotopic (exact) mass is 283 g/mol. The van der Waals surface area contributed by atoms with Crippen molar-refractivity contribution in [2.45, 2.75) is 40.3 Å². The van der Waals surface area contributed by atoms with Crippen LogP contribution in [0.4, 0.5) is 0 Å². The molecule has 2 nitrogen and oxygen atoms in total. The van der Waals surface area contributed by atoms with Gasteiger partial charge in [0.05, 0.1) is 7.11 Å². The highest BCUT2D eigenvalue weighted by atomic mass is 16.5. The van der Waals surface area contributed by atoms with Gasteiger partial charge in [-0.15, -0.1) is 0 Å². The number of benzene rings is 2. The molecule has 0 aliphatic heterocycles. The first-order chi connectivity index (χ1) is 10.0. The van der Waals surface area contributed by atoms with Crippen LogP contribution in [0, 0.1) is 20.8 Å². The normalized spacial score (nSPS) is 12.2. The smallest absolute Gasteiger partial charge is 0.118 e. The third-order valence-electron chi connectivity index (χ3n) is 4.04. The van der Waals surface area contributed by atoms with Crippen molar-refractivity contribution in [1.29, 1.82) is 0 Å². The first-order valence-electron chi connectivity index (χ1n) is 7.45. The van der Waals surface area contributed by atoms with Crippen molar-refractivity contribution in [3.63, 3.8) is 0 Å². The molecular formula is C19H25NO. The predicted molar refractivity (Wildman–Crippen MR) is 88.9 cm³/mol. The highest BCUT2D eigenvalue weighted by Gasteiger charge is 2.08. The third-order valence-corrected chi connectivity index (χ3v) is 4.04. The quantitative estimate of drug-likeness (QED) is 0.874. The fraction of sp³-hybridized carbons (Fsp3) is 0.368. The minimum atomic E-state index is 0.316. The maximum Gasteiger partial charge on any atom is 0.118 e. The van der Waals surface area contributed by atoms with Gasteiger partial charge in [-0.05, 0) is 62.1 Å². The molecule has 2 aromatic rings. The van der Waals surface area contributed by atoms with E-state index in [4.69, 9.17) is 4.74 Å². The lowest BCUT2D eigenvalue weighted by molar-refractivity contribution is 0.414. The van der Waals surface area contributed by atoms with Crippen LogP contribution in [0.15, 0.2) is 36.4 Å². The van der Waals surface area contributed by atoms with Crippen molar-refractivity contribution in [2.75, 3.05) is 7.11 Å². The molecule has 1 unspecified atom stereocenters. The Kier molecular flexibility index (Phi) is 5.03. The van der Waals surface area contributed by atoms with E-state index < -0.39 is 0 Å². The highest BCUT2D eigenvalue weighted by molar-refractivity contribution is 5.37. The minimum absolute atomic E-state index is 0.316. The summed E-state index contributed by atoms with van der Waals surface area (Å²) in [5.41, 5.74) is 6.74. The van der Waals surface area contributed by atoms with Crippen molar-refractivity contribution in [1.82, 2.24) is 5.32 Å². The van der Waals surface area contributed by atoms with Crippen molar-refractivity contribution in [3.05, 3.63) is 64.2 Å². The van der Waals surface area contributed by atoms with Gasteiger partial charge in [-0.25, -0.2) is 0 Å². The van der Waals surface area contributed by atoms with Crippen LogP contribution < -0.4 is 10.1 Å². The molecule has 2 rings (SSSR count). The Morgan fingerprint density at radius 3 is 2.10 bits per heavy atom. The van der Waals surface area contributed by atoms with Crippen molar-refractivity contribution in [3.8, 4) is 5.75 Å². The van der Waals surface area contributed by atoms with Crippen LogP contribution >= 0.6 is 0 Å². The van der Waals surface area contributed by atoms with E-state index in [0.717, 1.165) is 12.3 Å². The van der Waals surface area contributed by atoms with Gasteiger partial charge >= 0.3 is 0 Å². The van der Waals surface area contributed by atoms with E-state index in [1.165, 1.54) is 27.8 Å². The van der Waals surface area contributed by atoms with Crippen LogP contribution in [0.1, 0.15) is 40.8 Å². The summed E-state index contributed by atoms with van der Waals surface area (Å²) in [4.78, 5) is 0. The first kappa shape index (κ1) is 15.6. The van der Waals surface area contributed by atoms with Gasteiger partial charge in [-0.3, -0.25) is 0 Å². The third kappa shape index (κ3) is 3.85. The van der Waals surface area contributed by atoms with Gasteiger partial charge < -0.3 is 10.1 Å². The number of rotatable bonds is 5. The van der Waals surface area contributed by atoms with E-state index in [1.54, 1.807) is 7.11 Å². The number of hydrogen-bond acceptors (Lipinski definition) is 2. The summed E-state index contributed by atoms with van der Waals surface area (Å²) in [6.45, 7) is 9.62. The molecule has 0 aromatic heterocycles. The molecule has 21 heavy (non-hydrogen) atoms. The molecule has 0 spiro atoms. The molecule has 0 saturated heterocycles. The average molecular weight is 283 g/mol. The van der Waals surface area contributed by atoms with Gasteiger partial charge in [-0.2, -0.15) is 0 Å². The van der Waals surface area contributed by atoms with E-state index in [9.17, 15) is 0 Å². The fourth-order valence-electron chi connectivity index (χ4n) is 2.75. The van der Waals surface area contributed by atoms with Gasteiger partial charge in [0.15, 0.2) is 0 Å². The SMILES string of the molecule is COc1ccc(C(C)NCc2c(C)cc(C)cc2C)cc1. The molecule has 0 heterocycles. The fourth-order valence-corrected chi connectivity index (χ4v) is 2.75. The molecule has 0 amide bonds. The van der Waals surface area contributed by atoms with Gasteiger partial charge in [-0.1, -0.05) is 29.8 Å². The molecule has 0 bridgehead atoms. The number of aryl methyl sites for hydroxylation is 3. The topological polar surface area (TPSA) is 21.3 Å². The predicted octanol–water partition coefficient (Wildman–Crippen LogP) is 4.47. The zero-order valence-electron chi connectivity index (χ0n) is 13.7. The lowest BCUT2D eigenvalue weighted by atomic mass is 9.99. The average Bonchev–Trinajstić information content (AvgIpc) is 2.46. The van der Waals surface area contributed by atoms with E-state index >= 15 is 0 Å². The molecule has 0 fully saturated rings. The van der Waals surface area contributed by atoms with Crippen LogP contribution in [0.3, 0.4) is 0 Å². The van der Waals surface area contributed by atoms with E-state index in [0.29, 0.717) is 6.04 Å². The maximum absolute atomic E-state index is 5.20. The van der Waals surface area contributed by atoms with Gasteiger partial charge in [0.2, 0.25) is 0 Å². The van der Waals surface area contributed by atoms with E-state index in [-0.39, 0.29) is 0 Å². The van der Waals surface area contributed by atoms with Gasteiger partial charge in [0.1, 0.15) is 5.75 Å². The van der Waals surface area contributed by atoms with E-state index in [2.05, 4.69) is 57.3 Å². The number of hydrogen-bond donors (Lipinski definition) is 1. The van der Waals surface area contributed by atoms with Crippen LogP contribution in [0.25, 0.3) is 0 Å². The lowest BCUT2D eigenvalue weighted by Crippen LogP contribution is -2.19. The van der Waals surface area contributed by atoms with Crippen LogP contribution in [0.2, 0.25) is 0 Å². The maximum atomic E-state index is 5.20. The number of methoxy groups -OCH3 is 1. The van der Waals surface area contributed by atoms with Gasteiger partial charge in [0.25, 0.3) is 0 Å². The summed E-state index contributed by atoms with van der Waals surface area (Å²) < 4.78 is 5.20. The Hall–Kier alpha value is -1.80. The second-order valence-electron chi connectivity index (χ2n) is 5.75. The minimum Gasteiger partial charge on any atom is -0.497 e. The summed E-state index contributed by atoms with van der Waals surface area (Å²) in [5.74, 6) is 0.899. The molecule has 2 aromatic carbocycles. The van der Waals surface area contributed by atoms with Crippen molar-refractivity contribution >= 4 is 0 Å². The Labute approximate surface area is 128 Å². The molecule has 0 aliphatic rings. The highest BCUT2D eigenvalue weighted by Crippen LogP contribution is 2.20. The van der Waals surface area contributed by atoms with Crippen molar-refractivity contribution in [2.24, 2.45) is 0 Å². The molecule has 0 radical (unpaired) electrons. The van der Waals surface area contributed by atoms with E-state index in [1.807, 2.05) is 12.1 Å². The summed E-state index contributed by atoms with van der Waals surface area (Å²) in [5, 5.41) is 3.61. The standard InChI is InChI=1S/C19H25NO/c1-13-10-14(2)19(15(3)11-13)12-20-16(4)17-6-8-18(21-5)9-7-17/h6-11,16,20H,12H2,1-5H3.